The quantitative estimate of drug-likeness (QED) is 0.684. The van der Waals surface area contributed by atoms with E-state index in [0.29, 0.717) is 5.56 Å². The van der Waals surface area contributed by atoms with Crippen molar-refractivity contribution in [2.24, 2.45) is 0 Å². The molecule has 0 bridgehead atoms. The molecule has 0 atom stereocenters. The zero-order valence-corrected chi connectivity index (χ0v) is 11.4. The van der Waals surface area contributed by atoms with Crippen molar-refractivity contribution in [3.8, 4) is 0 Å². The minimum absolute atomic E-state index is 0.0931. The highest BCUT2D eigenvalue weighted by molar-refractivity contribution is 7.99. The Hall–Kier alpha value is -2.34. The van der Waals surface area contributed by atoms with Crippen LogP contribution in [0.3, 0.4) is 0 Å². The monoisotopic (exact) mass is 289 g/mol. The van der Waals surface area contributed by atoms with Crippen LogP contribution in [-0.2, 0) is 0 Å². The van der Waals surface area contributed by atoms with Crippen molar-refractivity contribution in [3.05, 3.63) is 63.7 Å². The Morgan fingerprint density at radius 1 is 1.15 bits per heavy atom. The van der Waals surface area contributed by atoms with Gasteiger partial charge in [0.05, 0.1) is 10.5 Å². The summed E-state index contributed by atoms with van der Waals surface area (Å²) in [5.74, 6) is -0.965. The van der Waals surface area contributed by atoms with Gasteiger partial charge in [-0.3, -0.25) is 10.1 Å². The van der Waals surface area contributed by atoms with Gasteiger partial charge in [0.25, 0.3) is 5.69 Å². The normalized spacial score (nSPS) is 10.2. The molecule has 20 heavy (non-hydrogen) atoms. The third-order valence-electron chi connectivity index (χ3n) is 2.70. The molecule has 6 heteroatoms. The molecule has 2 rings (SSSR count). The first kappa shape index (κ1) is 14.1. The molecule has 0 aromatic heterocycles. The molecular formula is C14H11NO4S. The van der Waals surface area contributed by atoms with Gasteiger partial charge in [0, 0.05) is 21.4 Å². The molecule has 0 amide bonds. The number of nitro groups is 1. The van der Waals surface area contributed by atoms with Gasteiger partial charge >= 0.3 is 5.97 Å². The van der Waals surface area contributed by atoms with Crippen LogP contribution in [0, 0.1) is 17.0 Å². The number of nitrogens with zero attached hydrogens (tertiary/aromatic N) is 1. The number of nitro benzene ring substituents is 1. The lowest BCUT2D eigenvalue weighted by atomic mass is 10.2. The van der Waals surface area contributed by atoms with Gasteiger partial charge in [-0.2, -0.15) is 0 Å². The SMILES string of the molecule is Cc1cc(Sc2ccc(C(=O)O)cc2)ccc1[N+](=O)[O-]. The van der Waals surface area contributed by atoms with Crippen molar-refractivity contribution in [2.45, 2.75) is 16.7 Å². The molecular weight excluding hydrogens is 278 g/mol. The molecule has 2 aromatic rings. The lowest BCUT2D eigenvalue weighted by Gasteiger charge is -2.04. The van der Waals surface area contributed by atoms with Crippen LogP contribution in [0.25, 0.3) is 0 Å². The highest BCUT2D eigenvalue weighted by Gasteiger charge is 2.10. The predicted octanol–water partition coefficient (Wildman–Crippen LogP) is 3.75. The van der Waals surface area contributed by atoms with Gasteiger partial charge in [0.15, 0.2) is 0 Å². The van der Waals surface area contributed by atoms with Crippen LogP contribution in [0.5, 0.6) is 0 Å². The van der Waals surface area contributed by atoms with Crippen molar-refractivity contribution < 1.29 is 14.8 Å². The van der Waals surface area contributed by atoms with E-state index in [4.69, 9.17) is 5.11 Å². The number of aryl methyl sites for hydroxylation is 1. The van der Waals surface area contributed by atoms with Crippen LogP contribution in [0.15, 0.2) is 52.3 Å². The highest BCUT2D eigenvalue weighted by atomic mass is 32.2. The largest absolute Gasteiger partial charge is 0.478 e. The predicted molar refractivity (Wildman–Crippen MR) is 75.4 cm³/mol. The molecule has 2 aromatic carbocycles. The van der Waals surface area contributed by atoms with Gasteiger partial charge in [-0.15, -0.1) is 0 Å². The van der Waals surface area contributed by atoms with E-state index in [1.54, 1.807) is 31.2 Å². The number of aromatic carboxylic acids is 1. The van der Waals surface area contributed by atoms with Gasteiger partial charge in [-0.05, 0) is 43.3 Å². The average Bonchev–Trinajstić information content (AvgIpc) is 2.39. The second kappa shape index (κ2) is 5.75. The summed E-state index contributed by atoms with van der Waals surface area (Å²) < 4.78 is 0. The maximum absolute atomic E-state index is 10.7. The number of carbonyl (C=O) groups is 1. The molecule has 0 saturated carbocycles. The van der Waals surface area contributed by atoms with E-state index in [0.717, 1.165) is 9.79 Å². The Bertz CT molecular complexity index is 667. The van der Waals surface area contributed by atoms with Crippen LogP contribution in [0.1, 0.15) is 15.9 Å². The van der Waals surface area contributed by atoms with Gasteiger partial charge in [0.2, 0.25) is 0 Å². The maximum atomic E-state index is 10.7. The molecule has 0 aliphatic rings. The Kier molecular flexibility index (Phi) is 4.05. The molecule has 0 heterocycles. The lowest BCUT2D eigenvalue weighted by Crippen LogP contribution is -1.94. The second-order valence-electron chi connectivity index (χ2n) is 4.14. The van der Waals surface area contributed by atoms with Gasteiger partial charge in [0.1, 0.15) is 0 Å². The van der Waals surface area contributed by atoms with Crippen molar-refractivity contribution in [3.63, 3.8) is 0 Å². The summed E-state index contributed by atoms with van der Waals surface area (Å²) in [7, 11) is 0. The highest BCUT2D eigenvalue weighted by Crippen LogP contribution is 2.31. The molecule has 0 saturated heterocycles. The first-order valence-electron chi connectivity index (χ1n) is 5.73. The fourth-order valence-corrected chi connectivity index (χ4v) is 2.61. The number of benzene rings is 2. The number of rotatable bonds is 4. The molecule has 0 aliphatic heterocycles. The minimum Gasteiger partial charge on any atom is -0.478 e. The van der Waals surface area contributed by atoms with E-state index >= 15 is 0 Å². The van der Waals surface area contributed by atoms with Crippen molar-refractivity contribution in [1.29, 1.82) is 0 Å². The van der Waals surface area contributed by atoms with E-state index in [1.165, 1.54) is 30.0 Å². The lowest BCUT2D eigenvalue weighted by molar-refractivity contribution is -0.385. The van der Waals surface area contributed by atoms with Gasteiger partial charge in [-0.1, -0.05) is 11.8 Å². The summed E-state index contributed by atoms with van der Waals surface area (Å²) in [6.07, 6.45) is 0. The van der Waals surface area contributed by atoms with Crippen molar-refractivity contribution in [1.82, 2.24) is 0 Å². The van der Waals surface area contributed by atoms with Crippen molar-refractivity contribution >= 4 is 23.4 Å². The fraction of sp³-hybridized carbons (Fsp3) is 0.0714. The molecule has 0 unspecified atom stereocenters. The Morgan fingerprint density at radius 2 is 1.75 bits per heavy atom. The maximum Gasteiger partial charge on any atom is 0.335 e. The van der Waals surface area contributed by atoms with Crippen LogP contribution in [0.4, 0.5) is 5.69 Å². The van der Waals surface area contributed by atoms with Crippen molar-refractivity contribution in [2.75, 3.05) is 0 Å². The summed E-state index contributed by atoms with van der Waals surface area (Å²) in [5, 5.41) is 19.5. The summed E-state index contributed by atoms with van der Waals surface area (Å²) in [6, 6.07) is 11.4. The third-order valence-corrected chi connectivity index (χ3v) is 3.70. The molecule has 102 valence electrons. The molecule has 0 fully saturated rings. The van der Waals surface area contributed by atoms with E-state index in [-0.39, 0.29) is 11.3 Å². The van der Waals surface area contributed by atoms with E-state index in [9.17, 15) is 14.9 Å². The van der Waals surface area contributed by atoms with Crippen LogP contribution in [-0.4, -0.2) is 16.0 Å². The standard InChI is InChI=1S/C14H11NO4S/c1-9-8-12(6-7-13(9)15(18)19)20-11-4-2-10(3-5-11)14(16)17/h2-8H,1H3,(H,16,17). The zero-order valence-electron chi connectivity index (χ0n) is 10.6. The van der Waals surface area contributed by atoms with Crippen LogP contribution >= 0.6 is 11.8 Å². The average molecular weight is 289 g/mol. The zero-order chi connectivity index (χ0) is 14.7. The third kappa shape index (κ3) is 3.16. The fourth-order valence-electron chi connectivity index (χ4n) is 1.70. The topological polar surface area (TPSA) is 80.4 Å². The first-order valence-corrected chi connectivity index (χ1v) is 6.55. The summed E-state index contributed by atoms with van der Waals surface area (Å²) in [5.41, 5.74) is 0.923. The Morgan fingerprint density at radius 3 is 2.25 bits per heavy atom. The molecule has 0 radical (unpaired) electrons. The van der Waals surface area contributed by atoms with E-state index < -0.39 is 10.9 Å². The number of carboxylic acid groups (broad SMARTS) is 1. The van der Waals surface area contributed by atoms with E-state index in [2.05, 4.69) is 0 Å². The van der Waals surface area contributed by atoms with Gasteiger partial charge < -0.3 is 5.11 Å². The first-order chi connectivity index (χ1) is 9.47. The van der Waals surface area contributed by atoms with Gasteiger partial charge in [-0.25, -0.2) is 4.79 Å². The van der Waals surface area contributed by atoms with E-state index in [1.807, 2.05) is 0 Å². The minimum atomic E-state index is -0.965. The molecule has 0 aliphatic carbocycles. The number of hydrogen-bond donors (Lipinski definition) is 1. The molecule has 0 spiro atoms. The smallest absolute Gasteiger partial charge is 0.335 e. The van der Waals surface area contributed by atoms with Crippen LogP contribution < -0.4 is 0 Å². The Labute approximate surface area is 119 Å². The summed E-state index contributed by atoms with van der Waals surface area (Å²) in [6.45, 7) is 1.69. The summed E-state index contributed by atoms with van der Waals surface area (Å²) >= 11 is 1.43. The molecule has 5 nitrogen and oxygen atoms in total. The summed E-state index contributed by atoms with van der Waals surface area (Å²) in [4.78, 5) is 22.8. The van der Waals surface area contributed by atoms with Crippen LogP contribution in [0.2, 0.25) is 0 Å². The Balaban J connectivity index is 2.19. The second-order valence-corrected chi connectivity index (χ2v) is 5.28. The number of hydrogen-bond acceptors (Lipinski definition) is 4. The number of carboxylic acids is 1. The molecule has 1 N–H and O–H groups in total.